The normalized spacial score (nSPS) is 27.2. The maximum atomic E-state index is 12.4. The molecule has 104 valence electrons. The summed E-state index contributed by atoms with van der Waals surface area (Å²) in [6, 6.07) is 2.62. The van der Waals surface area contributed by atoms with Crippen LogP contribution in [-0.2, 0) is 0 Å². The van der Waals surface area contributed by atoms with Gasteiger partial charge in [0.2, 0.25) is 0 Å². The molecule has 2 atom stereocenters. The van der Waals surface area contributed by atoms with E-state index in [1.807, 2.05) is 6.20 Å². The smallest absolute Gasteiger partial charge is 0.268 e. The second-order valence-corrected chi connectivity index (χ2v) is 6.14. The highest BCUT2D eigenvalue weighted by Gasteiger charge is 2.29. The number of carbonyl (C=O) groups is 1. The Bertz CT molecular complexity index is 476. The molecule has 19 heavy (non-hydrogen) atoms. The lowest BCUT2D eigenvalue weighted by molar-refractivity contribution is 0.0900. The molecule has 1 aromatic rings. The molecule has 0 radical (unpaired) electrons. The van der Waals surface area contributed by atoms with Gasteiger partial charge >= 0.3 is 0 Å². The van der Waals surface area contributed by atoms with Crippen LogP contribution in [0.1, 0.15) is 62.0 Å². The summed E-state index contributed by atoms with van der Waals surface area (Å²) in [7, 11) is 0. The topological polar surface area (TPSA) is 60.1 Å². The number of rotatable bonds is 3. The Kier molecular flexibility index (Phi) is 3.25. The Hall–Kier alpha value is -1.45. The summed E-state index contributed by atoms with van der Waals surface area (Å²) >= 11 is 0. The first kappa shape index (κ1) is 12.6. The van der Waals surface area contributed by atoms with Crippen molar-refractivity contribution in [3.8, 4) is 0 Å². The number of anilines is 1. The number of amides is 1. The van der Waals surface area contributed by atoms with E-state index in [1.165, 1.54) is 19.3 Å². The molecule has 3 rings (SSSR count). The summed E-state index contributed by atoms with van der Waals surface area (Å²) in [4.78, 5) is 12.4. The van der Waals surface area contributed by atoms with E-state index in [1.54, 1.807) is 6.07 Å². The van der Waals surface area contributed by atoms with Gasteiger partial charge in [-0.05, 0) is 37.7 Å². The lowest BCUT2D eigenvalue weighted by atomic mass is 9.86. The number of hydrogen-bond donors (Lipinski definition) is 2. The zero-order valence-corrected chi connectivity index (χ0v) is 11.6. The molecule has 0 aromatic carbocycles. The van der Waals surface area contributed by atoms with Crippen molar-refractivity contribution in [3.63, 3.8) is 0 Å². The second-order valence-electron chi connectivity index (χ2n) is 6.14. The maximum Gasteiger partial charge on any atom is 0.268 e. The number of hydrogen-bond acceptors (Lipinski definition) is 2. The minimum Gasteiger partial charge on any atom is -0.397 e. The van der Waals surface area contributed by atoms with E-state index in [-0.39, 0.29) is 5.91 Å². The number of nitrogen functional groups attached to an aromatic ring is 1. The molecule has 0 aliphatic heterocycles. The molecule has 3 N–H and O–H groups in total. The fraction of sp³-hybridized carbons (Fsp3) is 0.667. The predicted molar refractivity (Wildman–Crippen MR) is 76.0 cm³/mol. The van der Waals surface area contributed by atoms with Crippen LogP contribution in [0.25, 0.3) is 0 Å². The van der Waals surface area contributed by atoms with Crippen LogP contribution in [0.4, 0.5) is 5.69 Å². The molecule has 2 unspecified atom stereocenters. The predicted octanol–water partition coefficient (Wildman–Crippen LogP) is 2.71. The minimum absolute atomic E-state index is 0.0438. The van der Waals surface area contributed by atoms with Crippen LogP contribution in [0, 0.1) is 5.92 Å². The standard InChI is InChI=1S/C15H23N3O/c1-10-4-2-3-5-13(10)17-15(19)14-8-11(16)9-18(14)12-6-7-12/h8-10,12-13H,2-7,16H2,1H3,(H,17,19). The molecule has 1 heterocycles. The van der Waals surface area contributed by atoms with Gasteiger partial charge in [0.05, 0.1) is 5.69 Å². The van der Waals surface area contributed by atoms with Gasteiger partial charge in [-0.15, -0.1) is 0 Å². The van der Waals surface area contributed by atoms with Gasteiger partial charge in [-0.1, -0.05) is 19.8 Å². The summed E-state index contributed by atoms with van der Waals surface area (Å²) in [5, 5.41) is 3.21. The van der Waals surface area contributed by atoms with Crippen molar-refractivity contribution < 1.29 is 4.79 Å². The van der Waals surface area contributed by atoms with Gasteiger partial charge in [0, 0.05) is 18.3 Å². The van der Waals surface area contributed by atoms with E-state index in [2.05, 4.69) is 16.8 Å². The number of aromatic nitrogens is 1. The fourth-order valence-electron chi connectivity index (χ4n) is 3.11. The third kappa shape index (κ3) is 2.62. The third-order valence-corrected chi connectivity index (χ3v) is 4.47. The Morgan fingerprint density at radius 1 is 1.32 bits per heavy atom. The molecular formula is C15H23N3O. The lowest BCUT2D eigenvalue weighted by Gasteiger charge is -2.29. The average molecular weight is 261 g/mol. The van der Waals surface area contributed by atoms with Gasteiger partial charge in [0.15, 0.2) is 0 Å². The Morgan fingerprint density at radius 2 is 2.05 bits per heavy atom. The van der Waals surface area contributed by atoms with Crippen molar-refractivity contribution in [2.45, 2.75) is 57.5 Å². The highest BCUT2D eigenvalue weighted by Crippen LogP contribution is 2.37. The van der Waals surface area contributed by atoms with Crippen LogP contribution >= 0.6 is 0 Å². The summed E-state index contributed by atoms with van der Waals surface area (Å²) < 4.78 is 2.05. The highest BCUT2D eigenvalue weighted by molar-refractivity contribution is 5.94. The molecule has 4 nitrogen and oxygen atoms in total. The quantitative estimate of drug-likeness (QED) is 0.879. The van der Waals surface area contributed by atoms with E-state index >= 15 is 0 Å². The summed E-state index contributed by atoms with van der Waals surface area (Å²) in [5.74, 6) is 0.627. The van der Waals surface area contributed by atoms with Gasteiger partial charge < -0.3 is 15.6 Å². The Morgan fingerprint density at radius 3 is 2.74 bits per heavy atom. The molecular weight excluding hydrogens is 238 g/mol. The van der Waals surface area contributed by atoms with Gasteiger partial charge in [0.1, 0.15) is 5.69 Å². The van der Waals surface area contributed by atoms with E-state index in [4.69, 9.17) is 5.73 Å². The zero-order valence-electron chi connectivity index (χ0n) is 11.6. The van der Waals surface area contributed by atoms with Gasteiger partial charge in [-0.3, -0.25) is 4.79 Å². The van der Waals surface area contributed by atoms with Crippen LogP contribution in [0.3, 0.4) is 0 Å². The minimum atomic E-state index is 0.0438. The van der Waals surface area contributed by atoms with Crippen molar-refractivity contribution in [1.82, 2.24) is 9.88 Å². The van der Waals surface area contributed by atoms with Crippen LogP contribution < -0.4 is 11.1 Å². The second kappa shape index (κ2) is 4.91. The van der Waals surface area contributed by atoms with Crippen LogP contribution in [0.15, 0.2) is 12.3 Å². The first-order chi connectivity index (χ1) is 9.15. The molecule has 0 bridgehead atoms. The van der Waals surface area contributed by atoms with Gasteiger partial charge in [-0.2, -0.15) is 0 Å². The monoisotopic (exact) mass is 261 g/mol. The first-order valence-corrected chi connectivity index (χ1v) is 7.43. The molecule has 4 heteroatoms. The first-order valence-electron chi connectivity index (χ1n) is 7.43. The fourth-order valence-corrected chi connectivity index (χ4v) is 3.11. The molecule has 1 aromatic heterocycles. The molecule has 0 spiro atoms. The number of carbonyl (C=O) groups excluding carboxylic acids is 1. The number of nitrogens with one attached hydrogen (secondary N) is 1. The molecule has 1 amide bonds. The van der Waals surface area contributed by atoms with Crippen molar-refractivity contribution >= 4 is 11.6 Å². The molecule has 2 fully saturated rings. The van der Waals surface area contributed by atoms with E-state index in [0.29, 0.717) is 23.7 Å². The van der Waals surface area contributed by atoms with Crippen LogP contribution in [-0.4, -0.2) is 16.5 Å². The molecule has 2 saturated carbocycles. The largest absolute Gasteiger partial charge is 0.397 e. The zero-order chi connectivity index (χ0) is 13.4. The Balaban J connectivity index is 1.72. The summed E-state index contributed by atoms with van der Waals surface area (Å²) in [6.45, 7) is 2.23. The SMILES string of the molecule is CC1CCCCC1NC(=O)c1cc(N)cn1C1CC1. The van der Waals surface area contributed by atoms with E-state index in [0.717, 1.165) is 25.0 Å². The molecule has 2 aliphatic carbocycles. The van der Waals surface area contributed by atoms with Crippen molar-refractivity contribution in [3.05, 3.63) is 18.0 Å². The van der Waals surface area contributed by atoms with E-state index in [9.17, 15) is 4.79 Å². The number of nitrogens with two attached hydrogens (primary N) is 1. The van der Waals surface area contributed by atoms with Crippen LogP contribution in [0.2, 0.25) is 0 Å². The average Bonchev–Trinajstić information content (AvgIpc) is 3.15. The lowest BCUT2D eigenvalue weighted by Crippen LogP contribution is -2.41. The third-order valence-electron chi connectivity index (χ3n) is 4.47. The number of nitrogens with zero attached hydrogens (tertiary/aromatic N) is 1. The highest BCUT2D eigenvalue weighted by atomic mass is 16.2. The Labute approximate surface area is 114 Å². The summed E-state index contributed by atoms with van der Waals surface area (Å²) in [5.41, 5.74) is 7.27. The molecule has 0 saturated heterocycles. The van der Waals surface area contributed by atoms with Crippen molar-refractivity contribution in [1.29, 1.82) is 0 Å². The van der Waals surface area contributed by atoms with Gasteiger partial charge in [-0.25, -0.2) is 0 Å². The van der Waals surface area contributed by atoms with Crippen LogP contribution in [0.5, 0.6) is 0 Å². The van der Waals surface area contributed by atoms with Crippen molar-refractivity contribution in [2.75, 3.05) is 5.73 Å². The van der Waals surface area contributed by atoms with Gasteiger partial charge in [0.25, 0.3) is 5.91 Å². The molecule has 2 aliphatic rings. The maximum absolute atomic E-state index is 12.4. The van der Waals surface area contributed by atoms with Crippen molar-refractivity contribution in [2.24, 2.45) is 5.92 Å². The van der Waals surface area contributed by atoms with E-state index < -0.39 is 0 Å². The summed E-state index contributed by atoms with van der Waals surface area (Å²) in [6.07, 6.45) is 9.06.